The highest BCUT2D eigenvalue weighted by Crippen LogP contribution is 2.35. The first kappa shape index (κ1) is 18.7. The van der Waals surface area contributed by atoms with Crippen molar-refractivity contribution < 1.29 is 14.3 Å². The molecular formula is C17H18ClN5O4. The normalized spacial score (nSPS) is 10.8. The number of ether oxygens (including phenoxy) is 2. The summed E-state index contributed by atoms with van der Waals surface area (Å²) < 4.78 is 13.3. The van der Waals surface area contributed by atoms with Crippen LogP contribution in [0, 0.1) is 0 Å². The predicted octanol–water partition coefficient (Wildman–Crippen LogP) is 1.83. The zero-order valence-electron chi connectivity index (χ0n) is 15.0. The van der Waals surface area contributed by atoms with Crippen molar-refractivity contribution in [2.45, 2.75) is 13.0 Å². The first-order chi connectivity index (χ1) is 12.9. The Balaban J connectivity index is 1.74. The average molecular weight is 392 g/mol. The van der Waals surface area contributed by atoms with Crippen LogP contribution in [-0.2, 0) is 18.4 Å². The number of amides is 1. The number of aromatic nitrogens is 4. The van der Waals surface area contributed by atoms with E-state index >= 15 is 0 Å². The molecule has 27 heavy (non-hydrogen) atoms. The van der Waals surface area contributed by atoms with Gasteiger partial charge in [0.2, 0.25) is 5.91 Å². The van der Waals surface area contributed by atoms with Crippen molar-refractivity contribution in [1.82, 2.24) is 19.3 Å². The summed E-state index contributed by atoms with van der Waals surface area (Å²) in [6, 6.07) is 3.13. The van der Waals surface area contributed by atoms with E-state index < -0.39 is 0 Å². The first-order valence-electron chi connectivity index (χ1n) is 8.03. The molecule has 0 saturated heterocycles. The lowest BCUT2D eigenvalue weighted by atomic mass is 10.2. The molecule has 0 aliphatic heterocycles. The molecule has 0 aliphatic carbocycles. The van der Waals surface area contributed by atoms with E-state index in [0.29, 0.717) is 33.2 Å². The molecule has 0 aliphatic rings. The molecule has 0 saturated carbocycles. The van der Waals surface area contributed by atoms with E-state index in [2.05, 4.69) is 15.4 Å². The Morgan fingerprint density at radius 1 is 1.26 bits per heavy atom. The summed E-state index contributed by atoms with van der Waals surface area (Å²) in [7, 11) is 4.66. The van der Waals surface area contributed by atoms with E-state index in [1.54, 1.807) is 19.2 Å². The molecule has 1 amide bonds. The third kappa shape index (κ3) is 3.72. The van der Waals surface area contributed by atoms with Crippen LogP contribution in [0.4, 0.5) is 5.69 Å². The van der Waals surface area contributed by atoms with Gasteiger partial charge in [-0.25, -0.2) is 4.98 Å². The lowest BCUT2D eigenvalue weighted by Gasteiger charge is -2.13. The van der Waals surface area contributed by atoms with Crippen molar-refractivity contribution in [3.8, 4) is 11.5 Å². The van der Waals surface area contributed by atoms with Gasteiger partial charge in [0.15, 0.2) is 5.65 Å². The largest absolute Gasteiger partial charge is 0.495 e. The summed E-state index contributed by atoms with van der Waals surface area (Å²) in [6.45, 7) is 0.176. The maximum absolute atomic E-state index is 12.4. The molecule has 0 unspecified atom stereocenters. The van der Waals surface area contributed by atoms with Crippen LogP contribution >= 0.6 is 11.6 Å². The molecule has 10 heteroatoms. The number of nitrogens with zero attached hydrogens (tertiary/aromatic N) is 4. The first-order valence-corrected chi connectivity index (χ1v) is 8.41. The molecular weight excluding hydrogens is 374 g/mol. The van der Waals surface area contributed by atoms with Crippen LogP contribution in [0.5, 0.6) is 11.5 Å². The average Bonchev–Trinajstić information content (AvgIpc) is 3.04. The number of fused-ring (bicyclic) bond motifs is 1. The molecule has 142 valence electrons. The number of aryl methyl sites for hydroxylation is 2. The summed E-state index contributed by atoms with van der Waals surface area (Å²) >= 11 is 6.06. The third-order valence-electron chi connectivity index (χ3n) is 4.05. The lowest BCUT2D eigenvalue weighted by Crippen LogP contribution is -2.23. The fourth-order valence-electron chi connectivity index (χ4n) is 2.62. The Hall–Kier alpha value is -3.07. The smallest absolute Gasteiger partial charge is 0.264 e. The zero-order valence-corrected chi connectivity index (χ0v) is 15.8. The van der Waals surface area contributed by atoms with E-state index in [4.69, 9.17) is 21.1 Å². The fraction of sp³-hybridized carbons (Fsp3) is 0.294. The van der Waals surface area contributed by atoms with Crippen molar-refractivity contribution in [1.29, 1.82) is 0 Å². The second-order valence-electron chi connectivity index (χ2n) is 5.73. The molecule has 3 aromatic rings. The van der Waals surface area contributed by atoms with Crippen LogP contribution in [0.15, 0.2) is 29.5 Å². The Labute approximate surface area is 159 Å². The van der Waals surface area contributed by atoms with Crippen molar-refractivity contribution in [2.24, 2.45) is 7.05 Å². The Bertz CT molecular complexity index is 1060. The van der Waals surface area contributed by atoms with Crippen molar-refractivity contribution in [3.05, 3.63) is 40.0 Å². The van der Waals surface area contributed by atoms with Crippen LogP contribution in [0.1, 0.15) is 6.42 Å². The summed E-state index contributed by atoms with van der Waals surface area (Å²) in [4.78, 5) is 28.9. The predicted molar refractivity (Wildman–Crippen MR) is 101 cm³/mol. The number of benzene rings is 1. The van der Waals surface area contributed by atoms with Gasteiger partial charge in [0.1, 0.15) is 16.9 Å². The van der Waals surface area contributed by atoms with E-state index in [-0.39, 0.29) is 24.4 Å². The van der Waals surface area contributed by atoms with Gasteiger partial charge in [-0.2, -0.15) is 5.10 Å². The minimum absolute atomic E-state index is 0.0709. The highest BCUT2D eigenvalue weighted by atomic mass is 35.5. The molecule has 0 radical (unpaired) electrons. The van der Waals surface area contributed by atoms with Gasteiger partial charge in [0.05, 0.1) is 37.5 Å². The molecule has 3 rings (SSSR count). The standard InChI is InChI=1S/C17H18ClN5O4/c1-22-16-10(8-20-22)17(25)23(9-19-16)5-4-15(24)21-12-7-13(26-2)11(18)6-14(12)27-3/h6-9H,4-5H2,1-3H3,(H,21,24). The Kier molecular flexibility index (Phi) is 5.31. The summed E-state index contributed by atoms with van der Waals surface area (Å²) in [5, 5.41) is 7.53. The number of nitrogens with one attached hydrogen (secondary N) is 1. The molecule has 0 atom stereocenters. The SMILES string of the molecule is COc1cc(NC(=O)CCn2cnc3c(cnn3C)c2=O)c(OC)cc1Cl. The fourth-order valence-corrected chi connectivity index (χ4v) is 2.85. The van der Waals surface area contributed by atoms with E-state index in [1.807, 2.05) is 0 Å². The van der Waals surface area contributed by atoms with Crippen LogP contribution in [-0.4, -0.2) is 39.5 Å². The van der Waals surface area contributed by atoms with Gasteiger partial charge in [-0.15, -0.1) is 0 Å². The third-order valence-corrected chi connectivity index (χ3v) is 4.34. The Morgan fingerprint density at radius 2 is 2.00 bits per heavy atom. The van der Waals surface area contributed by atoms with E-state index in [1.165, 1.54) is 36.0 Å². The van der Waals surface area contributed by atoms with Gasteiger partial charge in [-0.1, -0.05) is 11.6 Å². The monoisotopic (exact) mass is 391 g/mol. The summed E-state index contributed by atoms with van der Waals surface area (Å²) in [6.07, 6.45) is 2.94. The molecule has 1 aromatic carbocycles. The van der Waals surface area contributed by atoms with Crippen LogP contribution < -0.4 is 20.3 Å². The van der Waals surface area contributed by atoms with Gasteiger partial charge >= 0.3 is 0 Å². The second-order valence-corrected chi connectivity index (χ2v) is 6.14. The number of hydrogen-bond acceptors (Lipinski definition) is 6. The summed E-state index contributed by atoms with van der Waals surface area (Å²) in [5.74, 6) is 0.524. The van der Waals surface area contributed by atoms with Gasteiger partial charge in [0.25, 0.3) is 5.56 Å². The molecule has 0 fully saturated rings. The van der Waals surface area contributed by atoms with Gasteiger partial charge in [-0.3, -0.25) is 18.8 Å². The van der Waals surface area contributed by atoms with Crippen LogP contribution in [0.25, 0.3) is 11.0 Å². The van der Waals surface area contributed by atoms with Gasteiger partial charge in [0, 0.05) is 32.1 Å². The topological polar surface area (TPSA) is 100 Å². The molecule has 9 nitrogen and oxygen atoms in total. The number of rotatable bonds is 6. The minimum atomic E-state index is -0.296. The minimum Gasteiger partial charge on any atom is -0.495 e. The summed E-state index contributed by atoms with van der Waals surface area (Å²) in [5.41, 5.74) is 0.683. The van der Waals surface area contributed by atoms with Crippen LogP contribution in [0.3, 0.4) is 0 Å². The number of hydrogen-bond donors (Lipinski definition) is 1. The molecule has 0 spiro atoms. The Morgan fingerprint density at radius 3 is 2.70 bits per heavy atom. The van der Waals surface area contributed by atoms with Gasteiger partial charge in [-0.05, 0) is 0 Å². The highest BCUT2D eigenvalue weighted by Gasteiger charge is 2.14. The van der Waals surface area contributed by atoms with E-state index in [0.717, 1.165) is 0 Å². The van der Waals surface area contributed by atoms with Crippen molar-refractivity contribution in [2.75, 3.05) is 19.5 Å². The number of methoxy groups -OCH3 is 2. The maximum atomic E-state index is 12.4. The van der Waals surface area contributed by atoms with Crippen LogP contribution in [0.2, 0.25) is 5.02 Å². The maximum Gasteiger partial charge on any atom is 0.264 e. The molecule has 1 N–H and O–H groups in total. The van der Waals surface area contributed by atoms with Gasteiger partial charge < -0.3 is 14.8 Å². The second kappa shape index (κ2) is 7.67. The van der Waals surface area contributed by atoms with Crippen molar-refractivity contribution in [3.63, 3.8) is 0 Å². The number of halogens is 1. The van der Waals surface area contributed by atoms with Crippen molar-refractivity contribution >= 4 is 34.2 Å². The molecule has 2 aromatic heterocycles. The number of carbonyl (C=O) groups excluding carboxylic acids is 1. The molecule has 2 heterocycles. The number of anilines is 1. The quantitative estimate of drug-likeness (QED) is 0.688. The highest BCUT2D eigenvalue weighted by molar-refractivity contribution is 6.32. The number of carbonyl (C=O) groups is 1. The zero-order chi connectivity index (χ0) is 19.6. The van der Waals surface area contributed by atoms with E-state index in [9.17, 15) is 9.59 Å². The molecule has 0 bridgehead atoms. The lowest BCUT2D eigenvalue weighted by molar-refractivity contribution is -0.116.